The van der Waals surface area contributed by atoms with Gasteiger partial charge in [-0.1, -0.05) is 29.8 Å². The van der Waals surface area contributed by atoms with Crippen molar-refractivity contribution in [3.8, 4) is 0 Å². The Morgan fingerprint density at radius 1 is 1.42 bits per heavy atom. The lowest BCUT2D eigenvalue weighted by Crippen LogP contribution is -2.44. The van der Waals surface area contributed by atoms with Crippen molar-refractivity contribution in [2.45, 2.75) is 45.1 Å². The molecule has 19 heavy (non-hydrogen) atoms. The van der Waals surface area contributed by atoms with Gasteiger partial charge in [0.25, 0.3) is 0 Å². The highest BCUT2D eigenvalue weighted by Crippen LogP contribution is 2.20. The van der Waals surface area contributed by atoms with E-state index in [1.165, 1.54) is 12.0 Å². The van der Waals surface area contributed by atoms with Crippen LogP contribution in [0.5, 0.6) is 0 Å². The monoisotopic (exact) mass is 261 g/mol. The number of aliphatic hydroxyl groups is 1. The Labute approximate surface area is 115 Å². The second kappa shape index (κ2) is 6.71. The molecule has 0 bridgehead atoms. The number of carbonyl (C=O) groups excluding carboxylic acids is 1. The van der Waals surface area contributed by atoms with E-state index in [0.29, 0.717) is 12.8 Å². The molecular formula is C16H23NO2. The summed E-state index contributed by atoms with van der Waals surface area (Å²) in [4.78, 5) is 14.4. The molecule has 1 saturated heterocycles. The third-order valence-corrected chi connectivity index (χ3v) is 3.85. The molecular weight excluding hydrogens is 238 g/mol. The van der Waals surface area contributed by atoms with Gasteiger partial charge in [0.15, 0.2) is 0 Å². The van der Waals surface area contributed by atoms with Gasteiger partial charge in [-0.2, -0.15) is 0 Å². The predicted molar refractivity (Wildman–Crippen MR) is 75.9 cm³/mol. The van der Waals surface area contributed by atoms with Gasteiger partial charge >= 0.3 is 0 Å². The number of aliphatic hydroxyl groups excluding tert-OH is 1. The number of likely N-dealkylation sites (tertiary alicyclic amines) is 1. The molecule has 104 valence electrons. The zero-order valence-electron chi connectivity index (χ0n) is 11.6. The number of carbonyl (C=O) groups is 1. The van der Waals surface area contributed by atoms with Gasteiger partial charge in [0, 0.05) is 19.2 Å². The average Bonchev–Trinajstić information content (AvgIpc) is 2.39. The topological polar surface area (TPSA) is 40.5 Å². The van der Waals surface area contributed by atoms with Gasteiger partial charge in [-0.05, 0) is 38.2 Å². The molecule has 3 nitrogen and oxygen atoms in total. The zero-order chi connectivity index (χ0) is 13.7. The van der Waals surface area contributed by atoms with Gasteiger partial charge in [0.1, 0.15) is 0 Å². The molecule has 1 atom stereocenters. The normalized spacial score (nSPS) is 19.5. The minimum atomic E-state index is 0.166. The Morgan fingerprint density at radius 3 is 3.00 bits per heavy atom. The van der Waals surface area contributed by atoms with E-state index in [1.54, 1.807) is 0 Å². The van der Waals surface area contributed by atoms with Crippen LogP contribution < -0.4 is 0 Å². The van der Waals surface area contributed by atoms with Crippen molar-refractivity contribution in [3.05, 3.63) is 35.4 Å². The van der Waals surface area contributed by atoms with Gasteiger partial charge in [0.2, 0.25) is 5.91 Å². The highest BCUT2D eigenvalue weighted by atomic mass is 16.3. The highest BCUT2D eigenvalue weighted by molar-refractivity contribution is 5.79. The van der Waals surface area contributed by atoms with Crippen molar-refractivity contribution >= 4 is 5.91 Å². The van der Waals surface area contributed by atoms with Crippen LogP contribution >= 0.6 is 0 Å². The lowest BCUT2D eigenvalue weighted by Gasteiger charge is -2.35. The summed E-state index contributed by atoms with van der Waals surface area (Å²) in [6.07, 6.45) is 4.46. The Kier molecular flexibility index (Phi) is 4.97. The van der Waals surface area contributed by atoms with Gasteiger partial charge < -0.3 is 10.0 Å². The summed E-state index contributed by atoms with van der Waals surface area (Å²) in [5.41, 5.74) is 2.27. The zero-order valence-corrected chi connectivity index (χ0v) is 11.6. The summed E-state index contributed by atoms with van der Waals surface area (Å²) >= 11 is 0. The van der Waals surface area contributed by atoms with Crippen LogP contribution in [0.15, 0.2) is 24.3 Å². The number of hydrogen-bond donors (Lipinski definition) is 1. The van der Waals surface area contributed by atoms with Crippen molar-refractivity contribution in [1.29, 1.82) is 0 Å². The van der Waals surface area contributed by atoms with E-state index in [0.717, 1.165) is 24.9 Å². The van der Waals surface area contributed by atoms with Crippen molar-refractivity contribution in [1.82, 2.24) is 4.90 Å². The number of amides is 1. The van der Waals surface area contributed by atoms with Gasteiger partial charge in [-0.3, -0.25) is 4.79 Å². The number of hydrogen-bond acceptors (Lipinski definition) is 2. The van der Waals surface area contributed by atoms with Crippen LogP contribution in [0.2, 0.25) is 0 Å². The minimum absolute atomic E-state index is 0.166. The van der Waals surface area contributed by atoms with Crippen LogP contribution in [0.1, 0.15) is 36.8 Å². The summed E-state index contributed by atoms with van der Waals surface area (Å²) < 4.78 is 0. The van der Waals surface area contributed by atoms with E-state index < -0.39 is 0 Å². The first-order chi connectivity index (χ1) is 9.20. The number of piperidine rings is 1. The number of rotatable bonds is 4. The molecule has 1 unspecified atom stereocenters. The van der Waals surface area contributed by atoms with Crippen LogP contribution in [-0.4, -0.2) is 35.1 Å². The van der Waals surface area contributed by atoms with Gasteiger partial charge in [-0.25, -0.2) is 0 Å². The number of benzene rings is 1. The lowest BCUT2D eigenvalue weighted by atomic mass is 9.98. The summed E-state index contributed by atoms with van der Waals surface area (Å²) in [5, 5.41) is 9.11. The Balaban J connectivity index is 2.01. The van der Waals surface area contributed by atoms with Crippen LogP contribution in [0, 0.1) is 6.92 Å². The van der Waals surface area contributed by atoms with Crippen molar-refractivity contribution in [3.63, 3.8) is 0 Å². The molecule has 1 heterocycles. The maximum atomic E-state index is 12.4. The molecule has 0 aromatic heterocycles. The molecule has 1 aliphatic rings. The summed E-state index contributed by atoms with van der Waals surface area (Å²) in [5.74, 6) is 0.198. The third kappa shape index (κ3) is 3.80. The fraction of sp³-hybridized carbons (Fsp3) is 0.562. The van der Waals surface area contributed by atoms with E-state index >= 15 is 0 Å². The average molecular weight is 261 g/mol. The molecule has 1 fully saturated rings. The molecule has 3 heteroatoms. The van der Waals surface area contributed by atoms with E-state index in [1.807, 2.05) is 30.0 Å². The van der Waals surface area contributed by atoms with Crippen LogP contribution in [-0.2, 0) is 11.2 Å². The van der Waals surface area contributed by atoms with Crippen LogP contribution in [0.25, 0.3) is 0 Å². The minimum Gasteiger partial charge on any atom is -0.396 e. The van der Waals surface area contributed by atoms with E-state index in [2.05, 4.69) is 6.07 Å². The Hall–Kier alpha value is -1.35. The molecule has 2 rings (SSSR count). The van der Waals surface area contributed by atoms with Crippen LogP contribution in [0.3, 0.4) is 0 Å². The molecule has 0 spiro atoms. The molecule has 0 saturated carbocycles. The first-order valence-electron chi connectivity index (χ1n) is 7.16. The number of nitrogens with zero attached hydrogens (tertiary/aromatic N) is 1. The largest absolute Gasteiger partial charge is 0.396 e. The first kappa shape index (κ1) is 14.1. The summed E-state index contributed by atoms with van der Waals surface area (Å²) in [6, 6.07) is 8.36. The van der Waals surface area contributed by atoms with Gasteiger partial charge in [0.05, 0.1) is 6.42 Å². The van der Waals surface area contributed by atoms with E-state index in [9.17, 15) is 4.79 Å². The second-order valence-corrected chi connectivity index (χ2v) is 5.41. The highest BCUT2D eigenvalue weighted by Gasteiger charge is 2.25. The smallest absolute Gasteiger partial charge is 0.227 e. The van der Waals surface area contributed by atoms with Crippen molar-refractivity contribution in [2.24, 2.45) is 0 Å². The molecule has 0 radical (unpaired) electrons. The maximum Gasteiger partial charge on any atom is 0.227 e. The first-order valence-corrected chi connectivity index (χ1v) is 7.16. The fourth-order valence-electron chi connectivity index (χ4n) is 2.88. The standard InChI is InChI=1S/C16H23NO2/c1-13-5-4-6-14(11-13)12-16(19)17-9-3-2-7-15(17)8-10-18/h4-6,11,15,18H,2-3,7-10,12H2,1H3. The van der Waals surface area contributed by atoms with E-state index in [4.69, 9.17) is 5.11 Å². The van der Waals surface area contributed by atoms with Crippen molar-refractivity contribution < 1.29 is 9.90 Å². The van der Waals surface area contributed by atoms with E-state index in [-0.39, 0.29) is 18.6 Å². The Morgan fingerprint density at radius 2 is 2.26 bits per heavy atom. The molecule has 1 aliphatic heterocycles. The molecule has 1 N–H and O–H groups in total. The second-order valence-electron chi connectivity index (χ2n) is 5.41. The van der Waals surface area contributed by atoms with Gasteiger partial charge in [-0.15, -0.1) is 0 Å². The predicted octanol–water partition coefficient (Wildman–Crippen LogP) is 2.30. The van der Waals surface area contributed by atoms with Crippen LogP contribution in [0.4, 0.5) is 0 Å². The Bertz CT molecular complexity index is 429. The molecule has 1 aromatic rings. The lowest BCUT2D eigenvalue weighted by molar-refractivity contribution is -0.134. The molecule has 0 aliphatic carbocycles. The SMILES string of the molecule is Cc1cccc(CC(=O)N2CCCCC2CCO)c1. The molecule has 1 amide bonds. The van der Waals surface area contributed by atoms with Crippen molar-refractivity contribution in [2.75, 3.05) is 13.2 Å². The maximum absolute atomic E-state index is 12.4. The quantitative estimate of drug-likeness (QED) is 0.903. The number of aryl methyl sites for hydroxylation is 1. The summed E-state index contributed by atoms with van der Waals surface area (Å²) in [6.45, 7) is 3.05. The fourth-order valence-corrected chi connectivity index (χ4v) is 2.88. The summed E-state index contributed by atoms with van der Waals surface area (Å²) in [7, 11) is 0. The third-order valence-electron chi connectivity index (χ3n) is 3.85. The molecule has 1 aromatic carbocycles.